The number of amides is 1. The van der Waals surface area contributed by atoms with E-state index in [1.807, 2.05) is 13.0 Å². The Hall–Kier alpha value is -4.34. The molecule has 0 saturated carbocycles. The van der Waals surface area contributed by atoms with Gasteiger partial charge in [-0.25, -0.2) is 10.2 Å². The van der Waals surface area contributed by atoms with Crippen LogP contribution in [0.5, 0.6) is 5.75 Å². The Labute approximate surface area is 176 Å². The van der Waals surface area contributed by atoms with Gasteiger partial charge in [-0.2, -0.15) is 10.1 Å². The third kappa shape index (κ3) is 5.60. The minimum atomic E-state index is -0.672. The molecule has 1 heterocycles. The molecule has 3 aromatic rings. The molecule has 0 radical (unpaired) electrons. The number of hydrogen-bond donors (Lipinski definition) is 2. The molecule has 2 N–H and O–H groups in total. The second kappa shape index (κ2) is 9.92. The Morgan fingerprint density at radius 2 is 2.03 bits per heavy atom. The number of carbonyl (C=O) groups is 1. The summed E-state index contributed by atoms with van der Waals surface area (Å²) in [5, 5.41) is 15.1. The van der Waals surface area contributed by atoms with Crippen LogP contribution in [0.1, 0.15) is 29.4 Å². The van der Waals surface area contributed by atoms with Gasteiger partial charge in [0, 0.05) is 17.2 Å². The molecule has 3 rings (SSSR count). The van der Waals surface area contributed by atoms with Gasteiger partial charge >= 0.3 is 11.4 Å². The Kier molecular flexibility index (Phi) is 6.84. The fourth-order valence-electron chi connectivity index (χ4n) is 2.65. The van der Waals surface area contributed by atoms with Gasteiger partial charge in [-0.1, -0.05) is 37.3 Å². The maximum Gasteiger partial charge on any atom is 0.346 e. The van der Waals surface area contributed by atoms with E-state index >= 15 is 0 Å². The lowest BCUT2D eigenvalue weighted by Crippen LogP contribution is -2.24. The average Bonchev–Trinajstić information content (AvgIpc) is 2.78. The van der Waals surface area contributed by atoms with Gasteiger partial charge in [0.05, 0.1) is 23.4 Å². The number of carbonyl (C=O) groups excluding carboxylic acids is 1. The topological polar surface area (TPSA) is 140 Å². The highest BCUT2D eigenvalue weighted by Crippen LogP contribution is 2.27. The summed E-state index contributed by atoms with van der Waals surface area (Å²) in [7, 11) is 0. The van der Waals surface area contributed by atoms with Crippen LogP contribution in [-0.4, -0.2) is 33.6 Å². The largest absolute Gasteiger partial charge is 0.487 e. The first-order valence-electron chi connectivity index (χ1n) is 9.39. The Balaban J connectivity index is 1.75. The molecule has 0 fully saturated rings. The van der Waals surface area contributed by atoms with Crippen LogP contribution in [-0.2, 0) is 0 Å². The maximum atomic E-state index is 12.4. The zero-order chi connectivity index (χ0) is 22.2. The standard InChI is InChI=1S/C21H19N5O5/c1-2-10-31-19-9-8-14(11-18(19)26(29)30)13-22-25-20(27)17-12-16(23-21(28)24-17)15-6-4-3-5-7-15/h3-9,11-13H,2,10H2,1H3,(H,25,27)(H,23,24,28)/b22-13+. The molecule has 0 spiro atoms. The Bertz CT molecular complexity index is 1170. The number of nitro groups is 1. The number of nitrogens with zero attached hydrogens (tertiary/aromatic N) is 3. The van der Waals surface area contributed by atoms with Crippen molar-refractivity contribution in [1.29, 1.82) is 0 Å². The van der Waals surface area contributed by atoms with Crippen LogP contribution in [0.2, 0.25) is 0 Å². The highest BCUT2D eigenvalue weighted by Gasteiger charge is 2.15. The van der Waals surface area contributed by atoms with E-state index in [1.54, 1.807) is 30.3 Å². The molecular weight excluding hydrogens is 402 g/mol. The van der Waals surface area contributed by atoms with Gasteiger partial charge in [0.25, 0.3) is 5.91 Å². The van der Waals surface area contributed by atoms with Gasteiger partial charge in [-0.15, -0.1) is 0 Å². The number of aromatic amines is 1. The van der Waals surface area contributed by atoms with E-state index in [2.05, 4.69) is 20.5 Å². The molecule has 0 unspecified atom stereocenters. The summed E-state index contributed by atoms with van der Waals surface area (Å²) in [4.78, 5) is 41.1. The monoisotopic (exact) mass is 421 g/mol. The van der Waals surface area contributed by atoms with E-state index in [0.717, 1.165) is 6.42 Å². The van der Waals surface area contributed by atoms with Crippen molar-refractivity contribution in [3.05, 3.63) is 86.5 Å². The molecule has 31 heavy (non-hydrogen) atoms. The summed E-state index contributed by atoms with van der Waals surface area (Å²) in [6, 6.07) is 14.7. The number of benzene rings is 2. The minimum absolute atomic E-state index is 0.0229. The predicted molar refractivity (Wildman–Crippen MR) is 114 cm³/mol. The van der Waals surface area contributed by atoms with Crippen LogP contribution in [0.25, 0.3) is 11.3 Å². The highest BCUT2D eigenvalue weighted by molar-refractivity contribution is 5.94. The van der Waals surface area contributed by atoms with Crippen LogP contribution >= 0.6 is 0 Å². The number of rotatable bonds is 8. The van der Waals surface area contributed by atoms with Crippen molar-refractivity contribution < 1.29 is 14.5 Å². The normalized spacial score (nSPS) is 10.7. The molecule has 1 amide bonds. The van der Waals surface area contributed by atoms with Crippen molar-refractivity contribution in [2.24, 2.45) is 5.10 Å². The molecule has 10 nitrogen and oxygen atoms in total. The smallest absolute Gasteiger partial charge is 0.346 e. The number of hydrogen-bond acceptors (Lipinski definition) is 7. The first kappa shape index (κ1) is 21.4. The summed E-state index contributed by atoms with van der Waals surface area (Å²) in [5.41, 5.74) is 2.81. The second-order valence-corrected chi connectivity index (χ2v) is 6.38. The third-order valence-corrected chi connectivity index (χ3v) is 4.08. The van der Waals surface area contributed by atoms with Crippen molar-refractivity contribution in [1.82, 2.24) is 15.4 Å². The van der Waals surface area contributed by atoms with E-state index in [4.69, 9.17) is 4.74 Å². The SMILES string of the molecule is CCCOc1ccc(/C=N/NC(=O)c2cc(-c3ccccc3)nc(=O)[nH]2)cc1[N+](=O)[O-]. The summed E-state index contributed by atoms with van der Waals surface area (Å²) < 4.78 is 5.37. The molecular formula is C21H19N5O5. The molecule has 10 heteroatoms. The molecule has 2 aromatic carbocycles. The van der Waals surface area contributed by atoms with E-state index in [-0.39, 0.29) is 17.1 Å². The lowest BCUT2D eigenvalue weighted by Gasteiger charge is -2.06. The number of hydrazone groups is 1. The van der Waals surface area contributed by atoms with E-state index in [9.17, 15) is 19.7 Å². The Morgan fingerprint density at radius 3 is 2.74 bits per heavy atom. The number of ether oxygens (including phenoxy) is 1. The fraction of sp³-hybridized carbons (Fsp3) is 0.143. The zero-order valence-electron chi connectivity index (χ0n) is 16.6. The number of nitro benzene ring substituents is 1. The predicted octanol–water partition coefficient (Wildman–Crippen LogP) is 2.90. The highest BCUT2D eigenvalue weighted by atomic mass is 16.6. The summed E-state index contributed by atoms with van der Waals surface area (Å²) in [6.45, 7) is 2.26. The molecule has 0 bridgehead atoms. The van der Waals surface area contributed by atoms with E-state index in [1.165, 1.54) is 24.4 Å². The number of nitrogens with one attached hydrogen (secondary N) is 2. The van der Waals surface area contributed by atoms with Gasteiger partial charge in [-0.3, -0.25) is 14.9 Å². The van der Waals surface area contributed by atoms with Gasteiger partial charge in [0.1, 0.15) is 5.69 Å². The van der Waals surface area contributed by atoms with Crippen molar-refractivity contribution in [3.8, 4) is 17.0 Å². The van der Waals surface area contributed by atoms with Crippen molar-refractivity contribution in [2.75, 3.05) is 6.61 Å². The molecule has 0 aliphatic heterocycles. The Morgan fingerprint density at radius 1 is 1.26 bits per heavy atom. The average molecular weight is 421 g/mol. The van der Waals surface area contributed by atoms with Crippen LogP contribution in [0, 0.1) is 10.1 Å². The molecule has 1 aromatic heterocycles. The van der Waals surface area contributed by atoms with Crippen molar-refractivity contribution >= 4 is 17.8 Å². The van der Waals surface area contributed by atoms with Gasteiger partial charge in [0.2, 0.25) is 0 Å². The molecule has 0 aliphatic rings. The number of H-pyrrole nitrogens is 1. The summed E-state index contributed by atoms with van der Waals surface area (Å²) in [5.74, 6) is -0.499. The summed E-state index contributed by atoms with van der Waals surface area (Å²) in [6.07, 6.45) is 1.97. The molecule has 158 valence electrons. The first-order valence-corrected chi connectivity index (χ1v) is 9.39. The maximum absolute atomic E-state index is 12.4. The van der Waals surface area contributed by atoms with Crippen molar-refractivity contribution in [3.63, 3.8) is 0 Å². The van der Waals surface area contributed by atoms with Gasteiger partial charge in [-0.05, 0) is 24.6 Å². The van der Waals surface area contributed by atoms with Gasteiger partial charge in [0.15, 0.2) is 5.75 Å². The minimum Gasteiger partial charge on any atom is -0.487 e. The zero-order valence-corrected chi connectivity index (χ0v) is 16.6. The van der Waals surface area contributed by atoms with Gasteiger partial charge < -0.3 is 9.72 Å². The van der Waals surface area contributed by atoms with Crippen LogP contribution in [0.4, 0.5) is 5.69 Å². The lowest BCUT2D eigenvalue weighted by molar-refractivity contribution is -0.385. The first-order chi connectivity index (χ1) is 15.0. The molecule has 0 aliphatic carbocycles. The van der Waals surface area contributed by atoms with E-state index in [0.29, 0.717) is 23.4 Å². The van der Waals surface area contributed by atoms with Crippen molar-refractivity contribution in [2.45, 2.75) is 13.3 Å². The van der Waals surface area contributed by atoms with E-state index < -0.39 is 16.5 Å². The summed E-state index contributed by atoms with van der Waals surface area (Å²) >= 11 is 0. The van der Waals surface area contributed by atoms with Crippen LogP contribution < -0.4 is 15.9 Å². The number of aromatic nitrogens is 2. The lowest BCUT2D eigenvalue weighted by atomic mass is 10.1. The fourth-order valence-corrected chi connectivity index (χ4v) is 2.65. The molecule has 0 atom stereocenters. The van der Waals surface area contributed by atoms with Crippen LogP contribution in [0.15, 0.2) is 64.5 Å². The van der Waals surface area contributed by atoms with Crippen LogP contribution in [0.3, 0.4) is 0 Å². The second-order valence-electron chi connectivity index (χ2n) is 6.38. The molecule has 0 saturated heterocycles. The third-order valence-electron chi connectivity index (χ3n) is 4.08. The quantitative estimate of drug-likeness (QED) is 0.326.